The quantitative estimate of drug-likeness (QED) is 0.577. The van der Waals surface area contributed by atoms with E-state index in [1.54, 1.807) is 17.4 Å². The van der Waals surface area contributed by atoms with Crippen molar-refractivity contribution in [3.8, 4) is 0 Å². The van der Waals surface area contributed by atoms with Crippen LogP contribution >= 0.6 is 23.1 Å². The molecule has 8 heteroatoms. The van der Waals surface area contributed by atoms with Crippen molar-refractivity contribution < 1.29 is 9.59 Å². The van der Waals surface area contributed by atoms with E-state index in [2.05, 4.69) is 15.3 Å². The van der Waals surface area contributed by atoms with Gasteiger partial charge in [-0.3, -0.25) is 9.59 Å². The van der Waals surface area contributed by atoms with Crippen LogP contribution in [0.15, 0.2) is 47.1 Å². The zero-order valence-corrected chi connectivity index (χ0v) is 14.1. The van der Waals surface area contributed by atoms with Gasteiger partial charge in [-0.25, -0.2) is 9.97 Å². The summed E-state index contributed by atoms with van der Waals surface area (Å²) in [5.41, 5.74) is 2.27. The topological polar surface area (TPSA) is 75.2 Å². The number of hydrogen-bond acceptors (Lipinski definition) is 6. The van der Waals surface area contributed by atoms with Crippen LogP contribution in [0.2, 0.25) is 0 Å². The number of nitrogens with zero attached hydrogens (tertiary/aromatic N) is 3. The van der Waals surface area contributed by atoms with Gasteiger partial charge in [0, 0.05) is 0 Å². The summed E-state index contributed by atoms with van der Waals surface area (Å²) in [5.74, 6) is -0.0913. The Morgan fingerprint density at radius 3 is 3.08 bits per heavy atom. The average Bonchev–Trinajstić information content (AvgIpc) is 3.08. The molecule has 2 amide bonds. The van der Waals surface area contributed by atoms with E-state index in [1.165, 1.54) is 23.0 Å². The van der Waals surface area contributed by atoms with Crippen molar-refractivity contribution in [3.63, 3.8) is 0 Å². The van der Waals surface area contributed by atoms with Gasteiger partial charge in [-0.05, 0) is 23.6 Å². The molecule has 24 heavy (non-hydrogen) atoms. The summed E-state index contributed by atoms with van der Waals surface area (Å²) < 4.78 is 0.979. The predicted octanol–water partition coefficient (Wildman–Crippen LogP) is 2.77. The van der Waals surface area contributed by atoms with E-state index in [9.17, 15) is 9.59 Å². The lowest BCUT2D eigenvalue weighted by molar-refractivity contribution is -0.120. The summed E-state index contributed by atoms with van der Waals surface area (Å²) in [6.45, 7) is 0.0363. The predicted molar refractivity (Wildman–Crippen MR) is 95.6 cm³/mol. The SMILES string of the molecule is O=C1CN(C(=O)CSc2ncnc3ccsc23)c2ccccc2N1. The minimum atomic E-state index is -0.185. The molecule has 0 radical (unpaired) electrons. The van der Waals surface area contributed by atoms with Crippen LogP contribution in [0.25, 0.3) is 10.2 Å². The molecule has 0 aliphatic carbocycles. The van der Waals surface area contributed by atoms with E-state index in [4.69, 9.17) is 0 Å². The van der Waals surface area contributed by atoms with Crippen LogP contribution in [-0.2, 0) is 9.59 Å². The zero-order valence-electron chi connectivity index (χ0n) is 12.4. The number of thioether (sulfide) groups is 1. The normalized spacial score (nSPS) is 13.7. The van der Waals surface area contributed by atoms with Gasteiger partial charge in [0.15, 0.2) is 0 Å². The lowest BCUT2D eigenvalue weighted by atomic mass is 10.2. The van der Waals surface area contributed by atoms with Crippen LogP contribution in [0.5, 0.6) is 0 Å². The number of benzene rings is 1. The monoisotopic (exact) mass is 356 g/mol. The molecule has 6 nitrogen and oxygen atoms in total. The molecule has 120 valence electrons. The molecule has 0 atom stereocenters. The summed E-state index contributed by atoms with van der Waals surface area (Å²) in [6, 6.07) is 9.23. The number of fused-ring (bicyclic) bond motifs is 2. The van der Waals surface area contributed by atoms with Gasteiger partial charge in [0.1, 0.15) is 17.9 Å². The first-order chi connectivity index (χ1) is 11.7. The average molecular weight is 356 g/mol. The van der Waals surface area contributed by atoms with E-state index < -0.39 is 0 Å². The number of anilines is 2. The van der Waals surface area contributed by atoms with Gasteiger partial charge in [-0.15, -0.1) is 11.3 Å². The third-order valence-electron chi connectivity index (χ3n) is 3.61. The Hall–Kier alpha value is -2.45. The van der Waals surface area contributed by atoms with Gasteiger partial charge < -0.3 is 10.2 Å². The Bertz CT molecular complexity index is 940. The lowest BCUT2D eigenvalue weighted by Crippen LogP contribution is -2.43. The molecule has 0 saturated carbocycles. The van der Waals surface area contributed by atoms with Gasteiger partial charge in [0.25, 0.3) is 0 Å². The third kappa shape index (κ3) is 2.74. The van der Waals surface area contributed by atoms with Gasteiger partial charge >= 0.3 is 0 Å². The molecule has 3 aromatic rings. The van der Waals surface area contributed by atoms with Gasteiger partial charge in [-0.2, -0.15) is 0 Å². The number of nitrogens with one attached hydrogen (secondary N) is 1. The van der Waals surface area contributed by atoms with Crippen molar-refractivity contribution in [2.45, 2.75) is 5.03 Å². The van der Waals surface area contributed by atoms with Crippen molar-refractivity contribution in [2.24, 2.45) is 0 Å². The Balaban J connectivity index is 1.55. The molecule has 0 saturated heterocycles. The standard InChI is InChI=1S/C16H12N4O2S2/c21-13-7-20(12-4-2-1-3-10(12)19-13)14(22)8-24-16-15-11(5-6-23-15)17-9-18-16/h1-6,9H,7-8H2,(H,19,21). The highest BCUT2D eigenvalue weighted by Crippen LogP contribution is 2.32. The van der Waals surface area contributed by atoms with E-state index in [0.717, 1.165) is 20.9 Å². The van der Waals surface area contributed by atoms with Crippen molar-refractivity contribution in [3.05, 3.63) is 42.0 Å². The van der Waals surface area contributed by atoms with Crippen LogP contribution in [0, 0.1) is 0 Å². The molecule has 2 aromatic heterocycles. The second-order valence-corrected chi connectivity index (χ2v) is 7.03. The van der Waals surface area contributed by atoms with E-state index in [1.807, 2.05) is 29.6 Å². The van der Waals surface area contributed by atoms with Crippen LogP contribution in [-0.4, -0.2) is 34.1 Å². The van der Waals surface area contributed by atoms with Crippen LogP contribution in [0.4, 0.5) is 11.4 Å². The fourth-order valence-corrected chi connectivity index (χ4v) is 4.36. The highest BCUT2D eigenvalue weighted by atomic mass is 32.2. The van der Waals surface area contributed by atoms with Crippen molar-refractivity contribution in [1.29, 1.82) is 0 Å². The van der Waals surface area contributed by atoms with E-state index >= 15 is 0 Å². The molecule has 0 unspecified atom stereocenters. The molecular weight excluding hydrogens is 344 g/mol. The first-order valence-corrected chi connectivity index (χ1v) is 9.09. The first kappa shape index (κ1) is 15.1. The van der Waals surface area contributed by atoms with E-state index in [0.29, 0.717) is 5.69 Å². The number of rotatable bonds is 3. The van der Waals surface area contributed by atoms with Crippen molar-refractivity contribution in [2.75, 3.05) is 22.5 Å². The Morgan fingerprint density at radius 2 is 2.17 bits per heavy atom. The lowest BCUT2D eigenvalue weighted by Gasteiger charge is -2.29. The van der Waals surface area contributed by atoms with Gasteiger partial charge in [-0.1, -0.05) is 23.9 Å². The molecule has 0 spiro atoms. The number of aromatic nitrogens is 2. The van der Waals surface area contributed by atoms with Crippen LogP contribution in [0.1, 0.15) is 0 Å². The molecule has 1 aliphatic rings. The van der Waals surface area contributed by atoms with Gasteiger partial charge in [0.05, 0.1) is 27.3 Å². The Morgan fingerprint density at radius 1 is 1.29 bits per heavy atom. The number of amides is 2. The van der Waals surface area contributed by atoms with Crippen LogP contribution < -0.4 is 10.2 Å². The number of carbonyl (C=O) groups excluding carboxylic acids is 2. The molecule has 1 aromatic carbocycles. The molecule has 1 aliphatic heterocycles. The molecule has 4 rings (SSSR count). The molecule has 1 N–H and O–H groups in total. The first-order valence-electron chi connectivity index (χ1n) is 7.22. The van der Waals surface area contributed by atoms with Gasteiger partial charge in [0.2, 0.25) is 11.8 Å². The summed E-state index contributed by atoms with van der Waals surface area (Å²) in [7, 11) is 0. The molecule has 0 bridgehead atoms. The molecular formula is C16H12N4O2S2. The molecule has 0 fully saturated rings. The summed E-state index contributed by atoms with van der Waals surface area (Å²) >= 11 is 2.92. The third-order valence-corrected chi connectivity index (χ3v) is 5.63. The number of thiophene rings is 1. The summed E-state index contributed by atoms with van der Waals surface area (Å²) in [6.07, 6.45) is 1.51. The summed E-state index contributed by atoms with van der Waals surface area (Å²) in [5, 5.41) is 5.53. The number of carbonyl (C=O) groups is 2. The highest BCUT2D eigenvalue weighted by Gasteiger charge is 2.26. The highest BCUT2D eigenvalue weighted by molar-refractivity contribution is 8.00. The van der Waals surface area contributed by atoms with Crippen LogP contribution in [0.3, 0.4) is 0 Å². The Kier molecular flexibility index (Phi) is 3.91. The minimum Gasteiger partial charge on any atom is -0.323 e. The largest absolute Gasteiger partial charge is 0.323 e. The minimum absolute atomic E-state index is 0.0363. The maximum absolute atomic E-state index is 12.6. The second-order valence-electron chi connectivity index (χ2n) is 5.15. The zero-order chi connectivity index (χ0) is 16.5. The maximum Gasteiger partial charge on any atom is 0.244 e. The Labute approximate surface area is 145 Å². The van der Waals surface area contributed by atoms with Crippen molar-refractivity contribution in [1.82, 2.24) is 9.97 Å². The second kappa shape index (κ2) is 6.21. The smallest absolute Gasteiger partial charge is 0.244 e. The maximum atomic E-state index is 12.6. The number of hydrogen-bond donors (Lipinski definition) is 1. The fourth-order valence-electron chi connectivity index (χ4n) is 2.53. The van der Waals surface area contributed by atoms with Crippen molar-refractivity contribution >= 4 is 56.5 Å². The molecule has 3 heterocycles. The number of para-hydroxylation sites is 2. The summed E-state index contributed by atoms with van der Waals surface area (Å²) in [4.78, 5) is 34.4. The fraction of sp³-hybridized carbons (Fsp3) is 0.125. The van der Waals surface area contributed by atoms with E-state index in [-0.39, 0.29) is 24.1 Å².